The molecule has 1 aromatic heterocycles. The minimum Gasteiger partial charge on any atom is -0.356 e. The van der Waals surface area contributed by atoms with Gasteiger partial charge in [0, 0.05) is 27.1 Å². The molecule has 21 heavy (non-hydrogen) atoms. The second kappa shape index (κ2) is 6.83. The maximum Gasteiger partial charge on any atom is 0.250 e. The van der Waals surface area contributed by atoms with E-state index in [0.29, 0.717) is 12.5 Å². The van der Waals surface area contributed by atoms with Gasteiger partial charge in [0.2, 0.25) is 11.9 Å². The molecule has 0 saturated heterocycles. The monoisotopic (exact) mass is 288 g/mol. The lowest BCUT2D eigenvalue weighted by atomic mass is 10.2. The van der Waals surface area contributed by atoms with Crippen LogP contribution in [0.15, 0.2) is 24.3 Å². The number of benzene rings is 1. The quantitative estimate of drug-likeness (QED) is 0.800. The van der Waals surface area contributed by atoms with Gasteiger partial charge in [0.25, 0.3) is 0 Å². The van der Waals surface area contributed by atoms with Crippen LogP contribution < -0.4 is 10.2 Å². The number of nitrogens with zero attached hydrogens (tertiary/aromatic N) is 5. The molecule has 1 aromatic carbocycles. The van der Waals surface area contributed by atoms with Crippen LogP contribution in [0.25, 0.3) is 5.69 Å². The number of anilines is 1. The number of carbonyl (C=O) groups excluding carboxylic acids is 1. The lowest BCUT2D eigenvalue weighted by Gasteiger charge is -2.17. The van der Waals surface area contributed by atoms with E-state index in [1.165, 1.54) is 12.5 Å². The summed E-state index contributed by atoms with van der Waals surface area (Å²) in [5.74, 6) is 0.670. The Labute approximate surface area is 123 Å². The second-order valence-electron chi connectivity index (χ2n) is 4.98. The van der Waals surface area contributed by atoms with Crippen molar-refractivity contribution in [2.24, 2.45) is 0 Å². The predicted octanol–water partition coefficient (Wildman–Crippen LogP) is 0.933. The Balaban J connectivity index is 2.02. The second-order valence-corrected chi connectivity index (χ2v) is 4.98. The number of tetrazole rings is 1. The molecule has 0 aliphatic rings. The average Bonchev–Trinajstić information content (AvgIpc) is 2.93. The molecule has 0 saturated carbocycles. The standard InChI is InChI=1S/C14H20N6O/c1-11-5-7-13(8-6-11)20-14(16-17-18-20)19(3)10-4-9-15-12(2)21/h5-8H,4,9-10H2,1-3H3,(H,15,21). The van der Waals surface area contributed by atoms with Gasteiger partial charge in [-0.05, 0) is 35.9 Å². The van der Waals surface area contributed by atoms with Crippen LogP contribution in [0.2, 0.25) is 0 Å². The summed E-state index contributed by atoms with van der Waals surface area (Å²) in [6, 6.07) is 8.02. The van der Waals surface area contributed by atoms with Crippen LogP contribution in [0.1, 0.15) is 18.9 Å². The molecular formula is C14H20N6O. The molecule has 1 N–H and O–H groups in total. The summed E-state index contributed by atoms with van der Waals surface area (Å²) in [4.78, 5) is 12.8. The van der Waals surface area contributed by atoms with Crippen molar-refractivity contribution in [3.63, 3.8) is 0 Å². The van der Waals surface area contributed by atoms with Crippen LogP contribution in [-0.4, -0.2) is 46.3 Å². The number of aryl methyl sites for hydroxylation is 1. The third kappa shape index (κ3) is 4.01. The van der Waals surface area contributed by atoms with Crippen LogP contribution in [0.3, 0.4) is 0 Å². The van der Waals surface area contributed by atoms with Crippen molar-refractivity contribution in [2.75, 3.05) is 25.0 Å². The first kappa shape index (κ1) is 15.0. The van der Waals surface area contributed by atoms with Crippen molar-refractivity contribution >= 4 is 11.9 Å². The molecule has 2 rings (SSSR count). The lowest BCUT2D eigenvalue weighted by Crippen LogP contribution is -2.27. The SMILES string of the molecule is CC(=O)NCCCN(C)c1nnnn1-c1ccc(C)cc1. The fourth-order valence-electron chi connectivity index (χ4n) is 1.95. The van der Waals surface area contributed by atoms with E-state index < -0.39 is 0 Å². The van der Waals surface area contributed by atoms with Crippen molar-refractivity contribution in [2.45, 2.75) is 20.3 Å². The Morgan fingerprint density at radius 2 is 2.05 bits per heavy atom. The van der Waals surface area contributed by atoms with E-state index in [-0.39, 0.29) is 5.91 Å². The Kier molecular flexibility index (Phi) is 4.86. The molecule has 0 fully saturated rings. The van der Waals surface area contributed by atoms with Crippen LogP contribution in [-0.2, 0) is 4.79 Å². The van der Waals surface area contributed by atoms with Gasteiger partial charge in [0.15, 0.2) is 0 Å². The van der Waals surface area contributed by atoms with Gasteiger partial charge in [-0.1, -0.05) is 22.8 Å². The predicted molar refractivity (Wildman–Crippen MR) is 80.5 cm³/mol. The summed E-state index contributed by atoms with van der Waals surface area (Å²) >= 11 is 0. The molecule has 7 nitrogen and oxygen atoms in total. The zero-order valence-electron chi connectivity index (χ0n) is 12.6. The van der Waals surface area contributed by atoms with Gasteiger partial charge in [-0.15, -0.1) is 0 Å². The average molecular weight is 288 g/mol. The smallest absolute Gasteiger partial charge is 0.250 e. The lowest BCUT2D eigenvalue weighted by molar-refractivity contribution is -0.118. The Hall–Kier alpha value is -2.44. The first-order valence-electron chi connectivity index (χ1n) is 6.89. The van der Waals surface area contributed by atoms with Crippen LogP contribution in [0.5, 0.6) is 0 Å². The highest BCUT2D eigenvalue weighted by molar-refractivity contribution is 5.72. The highest BCUT2D eigenvalue weighted by Gasteiger charge is 2.12. The molecule has 112 valence electrons. The number of rotatable bonds is 6. The zero-order chi connectivity index (χ0) is 15.2. The van der Waals surface area contributed by atoms with E-state index in [1.54, 1.807) is 4.68 Å². The maximum absolute atomic E-state index is 10.8. The van der Waals surface area contributed by atoms with Gasteiger partial charge < -0.3 is 10.2 Å². The van der Waals surface area contributed by atoms with Crippen molar-refractivity contribution in [1.29, 1.82) is 0 Å². The molecule has 2 aromatic rings. The summed E-state index contributed by atoms with van der Waals surface area (Å²) in [5.41, 5.74) is 2.12. The summed E-state index contributed by atoms with van der Waals surface area (Å²) in [7, 11) is 1.93. The number of carbonyl (C=O) groups is 1. The van der Waals surface area contributed by atoms with Crippen molar-refractivity contribution < 1.29 is 4.79 Å². The van der Waals surface area contributed by atoms with Crippen molar-refractivity contribution in [3.8, 4) is 5.69 Å². The van der Waals surface area contributed by atoms with Gasteiger partial charge in [0.1, 0.15) is 0 Å². The normalized spacial score (nSPS) is 10.4. The highest BCUT2D eigenvalue weighted by atomic mass is 16.1. The van der Waals surface area contributed by atoms with Gasteiger partial charge in [-0.25, -0.2) is 0 Å². The number of aromatic nitrogens is 4. The minimum atomic E-state index is -0.0119. The van der Waals surface area contributed by atoms with Crippen LogP contribution >= 0.6 is 0 Å². The van der Waals surface area contributed by atoms with E-state index in [2.05, 4.69) is 20.8 Å². The number of amides is 1. The largest absolute Gasteiger partial charge is 0.356 e. The Bertz CT molecular complexity index is 592. The third-order valence-electron chi connectivity index (χ3n) is 3.12. The van der Waals surface area contributed by atoms with Crippen molar-refractivity contribution in [1.82, 2.24) is 25.5 Å². The summed E-state index contributed by atoms with van der Waals surface area (Å²) in [6.07, 6.45) is 0.830. The van der Waals surface area contributed by atoms with Gasteiger partial charge >= 0.3 is 0 Å². The van der Waals surface area contributed by atoms with Gasteiger partial charge in [0.05, 0.1) is 5.69 Å². The summed E-state index contributed by atoms with van der Waals surface area (Å²) in [6.45, 7) is 4.96. The van der Waals surface area contributed by atoms with Gasteiger partial charge in [-0.2, -0.15) is 4.68 Å². The zero-order valence-corrected chi connectivity index (χ0v) is 12.6. The molecule has 0 aliphatic heterocycles. The fourth-order valence-corrected chi connectivity index (χ4v) is 1.95. The highest BCUT2D eigenvalue weighted by Crippen LogP contribution is 2.14. The number of nitrogens with one attached hydrogen (secondary N) is 1. The molecule has 1 heterocycles. The fraction of sp³-hybridized carbons (Fsp3) is 0.429. The topological polar surface area (TPSA) is 75.9 Å². The van der Waals surface area contributed by atoms with E-state index in [0.717, 1.165) is 18.7 Å². The summed E-state index contributed by atoms with van der Waals surface area (Å²) < 4.78 is 1.71. The van der Waals surface area contributed by atoms with E-state index in [4.69, 9.17) is 0 Å². The van der Waals surface area contributed by atoms with Gasteiger partial charge in [-0.3, -0.25) is 4.79 Å². The Morgan fingerprint density at radius 3 is 2.71 bits per heavy atom. The van der Waals surface area contributed by atoms with E-state index >= 15 is 0 Å². The number of hydrogen-bond acceptors (Lipinski definition) is 5. The molecular weight excluding hydrogens is 268 g/mol. The minimum absolute atomic E-state index is 0.0119. The molecule has 0 bridgehead atoms. The first-order valence-corrected chi connectivity index (χ1v) is 6.89. The Morgan fingerprint density at radius 1 is 1.33 bits per heavy atom. The van der Waals surface area contributed by atoms with Crippen LogP contribution in [0.4, 0.5) is 5.95 Å². The molecule has 0 unspecified atom stereocenters. The molecule has 0 aliphatic carbocycles. The van der Waals surface area contributed by atoms with Crippen LogP contribution in [0, 0.1) is 6.92 Å². The molecule has 0 radical (unpaired) electrons. The maximum atomic E-state index is 10.8. The summed E-state index contributed by atoms with van der Waals surface area (Å²) in [5, 5.41) is 14.6. The van der Waals surface area contributed by atoms with Crippen molar-refractivity contribution in [3.05, 3.63) is 29.8 Å². The van der Waals surface area contributed by atoms with E-state index in [1.807, 2.05) is 43.1 Å². The molecule has 7 heteroatoms. The first-order chi connectivity index (χ1) is 10.1. The molecule has 0 atom stereocenters. The molecule has 0 spiro atoms. The third-order valence-corrected chi connectivity index (χ3v) is 3.12. The molecule has 1 amide bonds. The van der Waals surface area contributed by atoms with E-state index in [9.17, 15) is 4.79 Å². The number of hydrogen-bond donors (Lipinski definition) is 1.